The fourth-order valence-electron chi connectivity index (χ4n) is 3.45. The maximum atomic E-state index is 12.5. The monoisotopic (exact) mass is 427 g/mol. The first-order chi connectivity index (χ1) is 13.7. The first kappa shape index (κ1) is 21.7. The van der Waals surface area contributed by atoms with Gasteiger partial charge in [0, 0.05) is 44.7 Å². The van der Waals surface area contributed by atoms with Crippen molar-refractivity contribution in [3.63, 3.8) is 0 Å². The van der Waals surface area contributed by atoms with Crippen LogP contribution in [0.2, 0.25) is 0 Å². The van der Waals surface area contributed by atoms with E-state index in [1.807, 2.05) is 32.0 Å². The van der Waals surface area contributed by atoms with Crippen LogP contribution >= 0.6 is 0 Å². The molecule has 9 nitrogen and oxygen atoms in total. The van der Waals surface area contributed by atoms with Crippen LogP contribution in [-0.2, 0) is 21.4 Å². The summed E-state index contributed by atoms with van der Waals surface area (Å²) in [5.74, 6) is 1.35. The maximum absolute atomic E-state index is 12.5. The Hall–Kier alpha value is -2.04. The molecule has 29 heavy (non-hydrogen) atoms. The van der Waals surface area contributed by atoms with E-state index in [-0.39, 0.29) is 31.8 Å². The summed E-state index contributed by atoms with van der Waals surface area (Å²) in [6.07, 6.45) is 0.399. The van der Waals surface area contributed by atoms with Crippen LogP contribution in [0, 0.1) is 0 Å². The summed E-state index contributed by atoms with van der Waals surface area (Å²) in [4.78, 5) is 13.2. The number of piperazine rings is 1. The lowest BCUT2D eigenvalue weighted by atomic mass is 10.0. The Morgan fingerprint density at radius 2 is 1.97 bits per heavy atom. The number of benzene rings is 1. The first-order valence-electron chi connectivity index (χ1n) is 9.82. The molecule has 3 rings (SSSR count). The number of hydrogen-bond donors (Lipinski definition) is 1. The van der Waals surface area contributed by atoms with Gasteiger partial charge in [0.05, 0.1) is 6.61 Å². The highest BCUT2D eigenvalue weighted by Gasteiger charge is 2.32. The van der Waals surface area contributed by atoms with Crippen LogP contribution in [0.15, 0.2) is 18.2 Å². The summed E-state index contributed by atoms with van der Waals surface area (Å²) < 4.78 is 45.5. The van der Waals surface area contributed by atoms with Crippen molar-refractivity contribution >= 4 is 16.3 Å². The largest absolute Gasteiger partial charge is 0.488 e. The Balaban J connectivity index is 1.46. The van der Waals surface area contributed by atoms with E-state index >= 15 is 0 Å². The molecule has 0 atom stereocenters. The highest BCUT2D eigenvalue weighted by atomic mass is 32.2. The molecular weight excluding hydrogens is 398 g/mol. The molecule has 2 aliphatic heterocycles. The van der Waals surface area contributed by atoms with Gasteiger partial charge in [0.1, 0.15) is 12.2 Å². The van der Waals surface area contributed by atoms with E-state index in [0.717, 1.165) is 17.7 Å². The molecule has 0 saturated carbocycles. The van der Waals surface area contributed by atoms with E-state index in [1.54, 1.807) is 6.92 Å². The van der Waals surface area contributed by atoms with Gasteiger partial charge >= 0.3 is 6.09 Å². The lowest BCUT2D eigenvalue weighted by Gasteiger charge is -2.33. The van der Waals surface area contributed by atoms with Crippen LogP contribution in [0.3, 0.4) is 0 Å². The summed E-state index contributed by atoms with van der Waals surface area (Å²) >= 11 is 0. The average molecular weight is 428 g/mol. The highest BCUT2D eigenvalue weighted by Crippen LogP contribution is 2.41. The number of rotatable bonds is 7. The molecule has 0 bridgehead atoms. The van der Waals surface area contributed by atoms with Gasteiger partial charge in [-0.2, -0.15) is 17.4 Å². The Bertz CT molecular complexity index is 834. The van der Waals surface area contributed by atoms with Crippen molar-refractivity contribution in [3.8, 4) is 11.5 Å². The molecule has 0 aliphatic carbocycles. The summed E-state index contributed by atoms with van der Waals surface area (Å²) in [5, 5.41) is 0. The van der Waals surface area contributed by atoms with Crippen LogP contribution in [0.25, 0.3) is 0 Å². The molecule has 0 unspecified atom stereocenters. The minimum absolute atomic E-state index is 0.132. The minimum Gasteiger partial charge on any atom is -0.488 e. The quantitative estimate of drug-likeness (QED) is 0.661. The zero-order valence-electron chi connectivity index (χ0n) is 17.1. The zero-order valence-corrected chi connectivity index (χ0v) is 18.0. The number of carbonyl (C=O) groups is 1. The molecule has 2 aliphatic rings. The summed E-state index contributed by atoms with van der Waals surface area (Å²) in [6.45, 7) is 7.45. The molecule has 1 fully saturated rings. The van der Waals surface area contributed by atoms with Gasteiger partial charge in [0.2, 0.25) is 0 Å². The Labute approximate surface area is 172 Å². The van der Waals surface area contributed by atoms with E-state index in [4.69, 9.17) is 14.2 Å². The molecule has 162 valence electrons. The second-order valence-corrected chi connectivity index (χ2v) is 9.37. The number of nitrogens with one attached hydrogen (secondary N) is 1. The van der Waals surface area contributed by atoms with E-state index in [1.165, 1.54) is 9.21 Å². The predicted octanol–water partition coefficient (Wildman–Crippen LogP) is 1.39. The number of amides is 1. The van der Waals surface area contributed by atoms with Crippen LogP contribution in [0.1, 0.15) is 26.3 Å². The standard InChI is InChI=1S/C19H29N3O6S/c1-4-26-18(23)21-9-11-22(12-10-21)29(24,25)20-8-13-27-16-7-5-6-15-14-19(2,3)28-17(15)16/h5-7,20H,4,8-14H2,1-3H3. The third-order valence-electron chi connectivity index (χ3n) is 4.80. The Morgan fingerprint density at radius 3 is 2.66 bits per heavy atom. The van der Waals surface area contributed by atoms with Gasteiger partial charge < -0.3 is 19.1 Å². The van der Waals surface area contributed by atoms with Gasteiger partial charge in [-0.15, -0.1) is 0 Å². The predicted molar refractivity (Wildman–Crippen MR) is 107 cm³/mol. The molecule has 2 heterocycles. The normalized spacial score (nSPS) is 18.8. The summed E-state index contributed by atoms with van der Waals surface area (Å²) in [7, 11) is -3.64. The number of ether oxygens (including phenoxy) is 3. The van der Waals surface area contributed by atoms with Crippen molar-refractivity contribution in [2.45, 2.75) is 32.8 Å². The second-order valence-electron chi connectivity index (χ2n) is 7.62. The third-order valence-corrected chi connectivity index (χ3v) is 6.42. The van der Waals surface area contributed by atoms with Crippen molar-refractivity contribution in [1.82, 2.24) is 13.9 Å². The van der Waals surface area contributed by atoms with Crippen molar-refractivity contribution in [3.05, 3.63) is 23.8 Å². The van der Waals surface area contributed by atoms with E-state index in [2.05, 4.69) is 4.72 Å². The van der Waals surface area contributed by atoms with Gasteiger partial charge in [-0.1, -0.05) is 12.1 Å². The van der Waals surface area contributed by atoms with Gasteiger partial charge in [-0.05, 0) is 26.8 Å². The topological polar surface area (TPSA) is 97.4 Å². The van der Waals surface area contributed by atoms with E-state index in [0.29, 0.717) is 25.4 Å². The lowest BCUT2D eigenvalue weighted by molar-refractivity contribution is 0.0932. The van der Waals surface area contributed by atoms with Crippen LogP contribution < -0.4 is 14.2 Å². The van der Waals surface area contributed by atoms with Crippen molar-refractivity contribution < 1.29 is 27.4 Å². The smallest absolute Gasteiger partial charge is 0.409 e. The molecule has 1 saturated heterocycles. The average Bonchev–Trinajstić information content (AvgIpc) is 3.00. The summed E-state index contributed by atoms with van der Waals surface area (Å²) in [6, 6.07) is 5.74. The second kappa shape index (κ2) is 8.76. The maximum Gasteiger partial charge on any atom is 0.409 e. The van der Waals surface area contributed by atoms with Crippen LogP contribution in [0.5, 0.6) is 11.5 Å². The Kier molecular flexibility index (Phi) is 6.55. The van der Waals surface area contributed by atoms with Gasteiger partial charge in [-0.25, -0.2) is 4.79 Å². The first-order valence-corrected chi connectivity index (χ1v) is 11.3. The van der Waals surface area contributed by atoms with Crippen molar-refractivity contribution in [1.29, 1.82) is 0 Å². The Morgan fingerprint density at radius 1 is 1.24 bits per heavy atom. The fraction of sp³-hybridized carbons (Fsp3) is 0.632. The van der Waals surface area contributed by atoms with Gasteiger partial charge in [0.25, 0.3) is 10.2 Å². The summed E-state index contributed by atoms with van der Waals surface area (Å²) in [5.41, 5.74) is 0.822. The number of hydrogen-bond acceptors (Lipinski definition) is 6. The molecular formula is C19H29N3O6S. The molecule has 1 N–H and O–H groups in total. The number of nitrogens with zero attached hydrogens (tertiary/aromatic N) is 2. The molecule has 1 aromatic carbocycles. The highest BCUT2D eigenvalue weighted by molar-refractivity contribution is 7.87. The molecule has 0 spiro atoms. The molecule has 1 aromatic rings. The molecule has 0 radical (unpaired) electrons. The number of para-hydroxylation sites is 1. The third kappa shape index (κ3) is 5.31. The SMILES string of the molecule is CCOC(=O)N1CCN(S(=O)(=O)NCCOc2cccc3c2OC(C)(C)C3)CC1. The minimum atomic E-state index is -3.64. The van der Waals surface area contributed by atoms with E-state index in [9.17, 15) is 13.2 Å². The molecule has 1 amide bonds. The fourth-order valence-corrected chi connectivity index (χ4v) is 4.62. The van der Waals surface area contributed by atoms with Crippen LogP contribution in [-0.4, -0.2) is 75.3 Å². The molecule has 10 heteroatoms. The van der Waals surface area contributed by atoms with Gasteiger partial charge in [-0.3, -0.25) is 0 Å². The molecule has 0 aromatic heterocycles. The zero-order chi connectivity index (χ0) is 21.1. The van der Waals surface area contributed by atoms with E-state index < -0.39 is 16.3 Å². The number of fused-ring (bicyclic) bond motifs is 1. The van der Waals surface area contributed by atoms with Crippen LogP contribution in [0.4, 0.5) is 4.79 Å². The number of carbonyl (C=O) groups excluding carboxylic acids is 1. The van der Waals surface area contributed by atoms with Crippen molar-refractivity contribution in [2.24, 2.45) is 0 Å². The lowest BCUT2D eigenvalue weighted by Crippen LogP contribution is -2.53. The van der Waals surface area contributed by atoms with Crippen molar-refractivity contribution in [2.75, 3.05) is 45.9 Å². The van der Waals surface area contributed by atoms with Gasteiger partial charge in [0.15, 0.2) is 11.5 Å².